The minimum atomic E-state index is 0.0305. The normalized spacial score (nSPS) is 18.7. The Hall–Kier alpha value is -2.83. The molecule has 0 fully saturated rings. The van der Waals surface area contributed by atoms with Gasteiger partial charge in [0.2, 0.25) is 5.91 Å². The summed E-state index contributed by atoms with van der Waals surface area (Å²) < 4.78 is 0. The molecule has 35 heavy (non-hydrogen) atoms. The Labute approximate surface area is 210 Å². The highest BCUT2D eigenvalue weighted by Gasteiger charge is 2.30. The van der Waals surface area contributed by atoms with Gasteiger partial charge in [0, 0.05) is 56.4 Å². The molecule has 2 heterocycles. The monoisotopic (exact) mass is 481 g/mol. The van der Waals surface area contributed by atoms with Crippen LogP contribution >= 0.6 is 0 Å². The lowest BCUT2D eigenvalue weighted by molar-refractivity contribution is -0.129. The smallest absolute Gasteiger partial charge is 0.219 e. The van der Waals surface area contributed by atoms with Crippen LogP contribution in [0.4, 0.5) is 0 Å². The Morgan fingerprint density at radius 1 is 1.14 bits per heavy atom. The largest absolute Gasteiger partial charge is 0.376 e. The number of hydrogen-bond acceptors (Lipinski definition) is 5. The lowest BCUT2D eigenvalue weighted by Crippen LogP contribution is -2.34. The van der Waals surface area contributed by atoms with Crippen LogP contribution in [0.15, 0.2) is 30.0 Å². The molecule has 1 aliphatic carbocycles. The molecule has 7 nitrogen and oxygen atoms in total. The number of nitrogens with zero attached hydrogens (tertiary/aromatic N) is 3. The van der Waals surface area contributed by atoms with E-state index in [2.05, 4.69) is 55.5 Å². The van der Waals surface area contributed by atoms with Gasteiger partial charge in [0.1, 0.15) is 5.69 Å². The summed E-state index contributed by atoms with van der Waals surface area (Å²) >= 11 is 0. The number of amides is 1. The van der Waals surface area contributed by atoms with Crippen LogP contribution in [-0.4, -0.2) is 64.4 Å². The molecule has 1 aromatic rings. The van der Waals surface area contributed by atoms with Crippen LogP contribution in [0.5, 0.6) is 0 Å². The number of likely N-dealkylation sites (N-methyl/N-ethyl adjacent to an activating group) is 1. The Bertz CT molecular complexity index is 987. The molecule has 0 saturated carbocycles. The zero-order chi connectivity index (χ0) is 25.5. The second-order valence-corrected chi connectivity index (χ2v) is 10.3. The van der Waals surface area contributed by atoms with E-state index in [0.717, 1.165) is 42.8 Å². The predicted molar refractivity (Wildman–Crippen MR) is 142 cm³/mol. The first-order valence-corrected chi connectivity index (χ1v) is 13.2. The predicted octanol–water partition coefficient (Wildman–Crippen LogP) is 4.09. The molecular weight excluding hydrogens is 438 g/mol. The number of hydrogen-bond donors (Lipinski definition) is 2. The van der Waals surface area contributed by atoms with Gasteiger partial charge in [-0.1, -0.05) is 40.2 Å². The van der Waals surface area contributed by atoms with Gasteiger partial charge in [0.25, 0.3) is 0 Å². The highest BCUT2D eigenvalue weighted by molar-refractivity contribution is 5.82. The number of carbonyl (C=O) groups excluding carboxylic acids is 2. The minimum Gasteiger partial charge on any atom is -0.376 e. The molecule has 1 aliphatic heterocycles. The Balaban J connectivity index is 1.62. The van der Waals surface area contributed by atoms with E-state index in [0.29, 0.717) is 32.0 Å². The number of nitrogens with one attached hydrogen (secondary N) is 2. The molecule has 2 atom stereocenters. The van der Waals surface area contributed by atoms with E-state index in [9.17, 15) is 9.59 Å². The molecule has 0 radical (unpaired) electrons. The molecule has 1 aromatic heterocycles. The Morgan fingerprint density at radius 2 is 1.91 bits per heavy atom. The first kappa shape index (κ1) is 26.8. The maximum atomic E-state index is 12.6. The molecule has 2 unspecified atom stereocenters. The summed E-state index contributed by atoms with van der Waals surface area (Å²) in [4.78, 5) is 28.1. The molecule has 0 spiro atoms. The van der Waals surface area contributed by atoms with Crippen LogP contribution in [0.25, 0.3) is 5.70 Å². The molecular formula is C28H43N5O2. The van der Waals surface area contributed by atoms with Crippen molar-refractivity contribution in [2.45, 2.75) is 72.8 Å². The van der Waals surface area contributed by atoms with Gasteiger partial charge in [-0.25, -0.2) is 0 Å². The zero-order valence-electron chi connectivity index (χ0n) is 22.4. The van der Waals surface area contributed by atoms with Crippen molar-refractivity contribution in [2.75, 3.05) is 26.7 Å². The summed E-state index contributed by atoms with van der Waals surface area (Å²) in [6, 6.07) is 0.153. The number of Topliss-reactive ketones (excluding diaryl/α,β-unsaturated/α-hetero) is 1. The van der Waals surface area contributed by atoms with Gasteiger partial charge in [0.05, 0.1) is 18.3 Å². The summed E-state index contributed by atoms with van der Waals surface area (Å²) in [6.45, 7) is 11.8. The average Bonchev–Trinajstić information content (AvgIpc) is 3.39. The van der Waals surface area contributed by atoms with Crippen molar-refractivity contribution >= 4 is 17.4 Å². The first-order valence-electron chi connectivity index (χ1n) is 13.2. The van der Waals surface area contributed by atoms with E-state index in [1.165, 1.54) is 11.3 Å². The van der Waals surface area contributed by atoms with Gasteiger partial charge in [-0.05, 0) is 43.4 Å². The quantitative estimate of drug-likeness (QED) is 0.443. The van der Waals surface area contributed by atoms with E-state index < -0.39 is 0 Å². The number of H-pyrrole nitrogens is 1. The van der Waals surface area contributed by atoms with Crippen molar-refractivity contribution in [3.8, 4) is 0 Å². The number of ketones is 1. The summed E-state index contributed by atoms with van der Waals surface area (Å²) in [5.41, 5.74) is 5.76. The zero-order valence-corrected chi connectivity index (χ0v) is 22.4. The van der Waals surface area contributed by atoms with Crippen molar-refractivity contribution in [3.05, 3.63) is 47.0 Å². The third-order valence-corrected chi connectivity index (χ3v) is 6.71. The van der Waals surface area contributed by atoms with Gasteiger partial charge < -0.3 is 15.1 Å². The second-order valence-electron chi connectivity index (χ2n) is 10.3. The first-order chi connectivity index (χ1) is 16.7. The number of carbonyl (C=O) groups is 2. The van der Waals surface area contributed by atoms with Crippen molar-refractivity contribution in [3.63, 3.8) is 0 Å². The van der Waals surface area contributed by atoms with Crippen molar-refractivity contribution in [1.29, 1.82) is 0 Å². The lowest BCUT2D eigenvalue weighted by Gasteiger charge is -2.26. The van der Waals surface area contributed by atoms with Crippen molar-refractivity contribution < 1.29 is 9.59 Å². The molecule has 3 rings (SSSR count). The van der Waals surface area contributed by atoms with Gasteiger partial charge in [0.15, 0.2) is 5.78 Å². The van der Waals surface area contributed by atoms with Crippen LogP contribution in [0, 0.1) is 11.8 Å². The van der Waals surface area contributed by atoms with Gasteiger partial charge in [-0.3, -0.25) is 14.7 Å². The molecule has 0 saturated heterocycles. The van der Waals surface area contributed by atoms with E-state index in [-0.39, 0.29) is 23.7 Å². The maximum absolute atomic E-state index is 12.6. The summed E-state index contributed by atoms with van der Waals surface area (Å²) in [5, 5.41) is 11.7. The number of fused-ring (bicyclic) bond motifs is 1. The van der Waals surface area contributed by atoms with E-state index in [1.54, 1.807) is 11.8 Å². The van der Waals surface area contributed by atoms with Crippen LogP contribution in [0.3, 0.4) is 0 Å². The van der Waals surface area contributed by atoms with Gasteiger partial charge in [-0.15, -0.1) is 0 Å². The molecule has 192 valence electrons. The molecule has 0 bridgehead atoms. The third kappa shape index (κ3) is 6.86. The van der Waals surface area contributed by atoms with E-state index >= 15 is 0 Å². The second kappa shape index (κ2) is 12.2. The molecule has 7 heteroatoms. The Morgan fingerprint density at radius 3 is 2.57 bits per heavy atom. The highest BCUT2D eigenvalue weighted by Crippen LogP contribution is 2.32. The van der Waals surface area contributed by atoms with Gasteiger partial charge >= 0.3 is 0 Å². The number of allylic oxidation sites excluding steroid dienone is 1. The molecule has 0 aromatic carbocycles. The van der Waals surface area contributed by atoms with Gasteiger partial charge in [-0.2, -0.15) is 5.10 Å². The van der Waals surface area contributed by atoms with E-state index in [4.69, 9.17) is 5.10 Å². The molecule has 2 N–H and O–H groups in total. The van der Waals surface area contributed by atoms with Crippen molar-refractivity contribution in [1.82, 2.24) is 25.3 Å². The summed E-state index contributed by atoms with van der Waals surface area (Å²) in [6.07, 6.45) is 13.2. The Kier molecular flexibility index (Phi) is 9.35. The van der Waals surface area contributed by atoms with Crippen LogP contribution in [0.2, 0.25) is 0 Å². The van der Waals surface area contributed by atoms with Crippen LogP contribution in [0.1, 0.15) is 70.8 Å². The van der Waals surface area contributed by atoms with Crippen molar-refractivity contribution in [2.24, 2.45) is 11.8 Å². The summed E-state index contributed by atoms with van der Waals surface area (Å²) in [7, 11) is 1.96. The fourth-order valence-electron chi connectivity index (χ4n) is 4.91. The van der Waals surface area contributed by atoms with Crippen LogP contribution < -0.4 is 5.32 Å². The lowest BCUT2D eigenvalue weighted by atomic mass is 9.95. The van der Waals surface area contributed by atoms with Crippen LogP contribution in [-0.2, 0) is 22.4 Å². The number of rotatable bonds is 13. The molecule has 1 amide bonds. The fourth-order valence-corrected chi connectivity index (χ4v) is 4.91. The number of aromatic amines is 1. The number of aromatic nitrogens is 2. The fraction of sp³-hybridized carbons (Fsp3) is 0.607. The minimum absolute atomic E-state index is 0.0305. The molecule has 2 aliphatic rings. The SMILES string of the molecule is CCCc1c(C2=CC3C=CC(N(C)CC(=O)CCN(CCC)C(C)=O)=CC3N2)n[nH]c1CC(C)C. The highest BCUT2D eigenvalue weighted by atomic mass is 16.2. The topological polar surface area (TPSA) is 81.3 Å². The maximum Gasteiger partial charge on any atom is 0.219 e. The average molecular weight is 482 g/mol. The van der Waals surface area contributed by atoms with E-state index in [1.807, 2.05) is 18.9 Å². The standard InChI is InChI=1S/C28H43N5O2/c1-7-9-24-26(15-19(3)4)30-31-28(24)27-16-21-10-11-22(17-25(21)29-27)32(6)18-23(35)12-14-33(13-8-2)20(5)34/h10-11,16-17,19,21,25,29H,7-9,12-15,18H2,1-6H3,(H,30,31). The summed E-state index contributed by atoms with van der Waals surface area (Å²) in [5.74, 6) is 1.03. The third-order valence-electron chi connectivity index (χ3n) is 6.71.